The maximum atomic E-state index is 12.9. The van der Waals surface area contributed by atoms with Gasteiger partial charge in [0.25, 0.3) is 0 Å². The van der Waals surface area contributed by atoms with Crippen molar-refractivity contribution in [3.05, 3.63) is 77.6 Å². The van der Waals surface area contributed by atoms with Gasteiger partial charge in [0, 0.05) is 32.7 Å². The summed E-state index contributed by atoms with van der Waals surface area (Å²) >= 11 is 0. The largest absolute Gasteiger partial charge is 0.340 e. The topological polar surface area (TPSA) is 23.6 Å². The van der Waals surface area contributed by atoms with Gasteiger partial charge in [-0.25, -0.2) is 4.39 Å². The molecule has 2 aromatic rings. The molecule has 3 nitrogen and oxygen atoms in total. The Bertz CT molecular complexity index is 704. The van der Waals surface area contributed by atoms with E-state index in [2.05, 4.69) is 29.2 Å². The molecule has 0 radical (unpaired) electrons. The van der Waals surface area contributed by atoms with Crippen molar-refractivity contribution in [2.75, 3.05) is 32.7 Å². The molecule has 130 valence electrons. The molecule has 0 spiro atoms. The summed E-state index contributed by atoms with van der Waals surface area (Å²) in [7, 11) is 0. The lowest BCUT2D eigenvalue weighted by Gasteiger charge is -2.34. The van der Waals surface area contributed by atoms with E-state index in [9.17, 15) is 9.18 Å². The smallest absolute Gasteiger partial charge is 0.227 e. The third-order valence-electron chi connectivity index (χ3n) is 4.47. The zero-order chi connectivity index (χ0) is 17.5. The van der Waals surface area contributed by atoms with Crippen molar-refractivity contribution in [2.45, 2.75) is 6.42 Å². The predicted octanol–water partition coefficient (Wildman–Crippen LogP) is 3.23. The van der Waals surface area contributed by atoms with Gasteiger partial charge in [-0.1, -0.05) is 54.6 Å². The van der Waals surface area contributed by atoms with Gasteiger partial charge in [-0.05, 0) is 23.3 Å². The number of piperazine rings is 1. The number of benzene rings is 2. The quantitative estimate of drug-likeness (QED) is 0.836. The second-order valence-electron chi connectivity index (χ2n) is 6.30. The van der Waals surface area contributed by atoms with Crippen LogP contribution in [-0.4, -0.2) is 48.4 Å². The summed E-state index contributed by atoms with van der Waals surface area (Å²) in [5.41, 5.74) is 2.07. The van der Waals surface area contributed by atoms with E-state index >= 15 is 0 Å². The molecule has 0 saturated carbocycles. The molecule has 25 heavy (non-hydrogen) atoms. The first-order valence-electron chi connectivity index (χ1n) is 8.67. The lowest BCUT2D eigenvalue weighted by Crippen LogP contribution is -2.49. The summed E-state index contributed by atoms with van der Waals surface area (Å²) in [5.74, 6) is -0.153. The summed E-state index contributed by atoms with van der Waals surface area (Å²) < 4.78 is 12.9. The standard InChI is InChI=1S/C21H23FN2O/c22-20-10-8-19(9-11-20)17-21(25)24-15-13-23(14-16-24)12-4-7-18-5-2-1-3-6-18/h1-11H,12-17H2/b7-4+. The molecular formula is C21H23FN2O. The minimum Gasteiger partial charge on any atom is -0.340 e. The molecule has 0 atom stereocenters. The Labute approximate surface area is 148 Å². The van der Waals surface area contributed by atoms with E-state index in [-0.39, 0.29) is 11.7 Å². The highest BCUT2D eigenvalue weighted by Crippen LogP contribution is 2.09. The first kappa shape index (κ1) is 17.4. The van der Waals surface area contributed by atoms with Gasteiger partial charge in [-0.15, -0.1) is 0 Å². The van der Waals surface area contributed by atoms with Crippen LogP contribution in [0.1, 0.15) is 11.1 Å². The minimum absolute atomic E-state index is 0.117. The zero-order valence-electron chi connectivity index (χ0n) is 14.3. The molecule has 1 saturated heterocycles. The number of hydrogen-bond donors (Lipinski definition) is 0. The molecule has 0 N–H and O–H groups in total. The average Bonchev–Trinajstić information content (AvgIpc) is 2.65. The number of rotatable bonds is 5. The van der Waals surface area contributed by atoms with Crippen molar-refractivity contribution in [2.24, 2.45) is 0 Å². The van der Waals surface area contributed by atoms with Crippen LogP contribution in [0.3, 0.4) is 0 Å². The number of carbonyl (C=O) groups is 1. The second kappa shape index (κ2) is 8.58. The highest BCUT2D eigenvalue weighted by molar-refractivity contribution is 5.78. The number of nitrogens with zero attached hydrogens (tertiary/aromatic N) is 2. The van der Waals surface area contributed by atoms with Gasteiger partial charge in [0.05, 0.1) is 6.42 Å². The number of halogens is 1. The zero-order valence-corrected chi connectivity index (χ0v) is 14.3. The molecule has 0 bridgehead atoms. The highest BCUT2D eigenvalue weighted by Gasteiger charge is 2.20. The second-order valence-corrected chi connectivity index (χ2v) is 6.30. The predicted molar refractivity (Wildman–Crippen MR) is 98.6 cm³/mol. The number of amides is 1. The summed E-state index contributed by atoms with van der Waals surface area (Å²) in [6.07, 6.45) is 4.64. The molecule has 1 aliphatic rings. The summed E-state index contributed by atoms with van der Waals surface area (Å²) in [6.45, 7) is 4.16. The average molecular weight is 338 g/mol. The van der Waals surface area contributed by atoms with Gasteiger partial charge in [0.2, 0.25) is 5.91 Å². The fourth-order valence-corrected chi connectivity index (χ4v) is 2.97. The molecule has 1 fully saturated rings. The molecule has 0 aromatic heterocycles. The van der Waals surface area contributed by atoms with Crippen molar-refractivity contribution >= 4 is 12.0 Å². The monoisotopic (exact) mass is 338 g/mol. The van der Waals surface area contributed by atoms with Crippen LogP contribution >= 0.6 is 0 Å². The maximum absolute atomic E-state index is 12.9. The van der Waals surface area contributed by atoms with Crippen LogP contribution in [0.4, 0.5) is 4.39 Å². The number of carbonyl (C=O) groups excluding carboxylic acids is 1. The van der Waals surface area contributed by atoms with Crippen LogP contribution in [0, 0.1) is 5.82 Å². The van der Waals surface area contributed by atoms with Gasteiger partial charge in [-0.2, -0.15) is 0 Å². The van der Waals surface area contributed by atoms with E-state index in [1.165, 1.54) is 17.7 Å². The lowest BCUT2D eigenvalue weighted by atomic mass is 10.1. The van der Waals surface area contributed by atoms with Gasteiger partial charge in [0.1, 0.15) is 5.82 Å². The van der Waals surface area contributed by atoms with Crippen molar-refractivity contribution in [1.82, 2.24) is 9.80 Å². The van der Waals surface area contributed by atoms with Gasteiger partial charge in [0.15, 0.2) is 0 Å². The van der Waals surface area contributed by atoms with E-state index in [1.807, 2.05) is 23.1 Å². The summed E-state index contributed by atoms with van der Waals surface area (Å²) in [4.78, 5) is 16.6. The third kappa shape index (κ3) is 5.26. The van der Waals surface area contributed by atoms with E-state index in [0.29, 0.717) is 6.42 Å². The molecule has 4 heteroatoms. The Balaban J connectivity index is 1.42. The Morgan fingerprint density at radius 2 is 1.64 bits per heavy atom. The maximum Gasteiger partial charge on any atom is 0.227 e. The molecule has 1 aliphatic heterocycles. The summed E-state index contributed by atoms with van der Waals surface area (Å²) in [5, 5.41) is 0. The molecule has 3 rings (SSSR count). The van der Waals surface area contributed by atoms with E-state index in [0.717, 1.165) is 38.3 Å². The lowest BCUT2D eigenvalue weighted by molar-refractivity contribution is -0.132. The first-order valence-corrected chi connectivity index (χ1v) is 8.67. The molecule has 0 aliphatic carbocycles. The Morgan fingerprint density at radius 3 is 2.32 bits per heavy atom. The van der Waals surface area contributed by atoms with Crippen LogP contribution in [-0.2, 0) is 11.2 Å². The van der Waals surface area contributed by atoms with Gasteiger partial charge in [-0.3, -0.25) is 9.69 Å². The molecular weight excluding hydrogens is 315 g/mol. The van der Waals surface area contributed by atoms with E-state index in [1.54, 1.807) is 12.1 Å². The van der Waals surface area contributed by atoms with Crippen LogP contribution < -0.4 is 0 Å². The third-order valence-corrected chi connectivity index (χ3v) is 4.47. The van der Waals surface area contributed by atoms with Crippen LogP contribution in [0.25, 0.3) is 6.08 Å². The Morgan fingerprint density at radius 1 is 0.960 bits per heavy atom. The van der Waals surface area contributed by atoms with Crippen molar-refractivity contribution < 1.29 is 9.18 Å². The first-order chi connectivity index (χ1) is 12.2. The SMILES string of the molecule is O=C(Cc1ccc(F)cc1)N1CCN(C/C=C/c2ccccc2)CC1. The molecule has 0 unspecified atom stereocenters. The number of hydrogen-bond acceptors (Lipinski definition) is 2. The minimum atomic E-state index is -0.270. The van der Waals surface area contributed by atoms with E-state index < -0.39 is 0 Å². The molecule has 2 aromatic carbocycles. The van der Waals surface area contributed by atoms with Gasteiger partial charge < -0.3 is 4.90 Å². The fraction of sp³-hybridized carbons (Fsp3) is 0.286. The highest BCUT2D eigenvalue weighted by atomic mass is 19.1. The van der Waals surface area contributed by atoms with Crippen molar-refractivity contribution in [3.63, 3.8) is 0 Å². The fourth-order valence-electron chi connectivity index (χ4n) is 2.97. The van der Waals surface area contributed by atoms with E-state index in [4.69, 9.17) is 0 Å². The van der Waals surface area contributed by atoms with Gasteiger partial charge >= 0.3 is 0 Å². The Hall–Kier alpha value is -2.46. The molecule has 1 amide bonds. The molecule has 1 heterocycles. The normalized spacial score (nSPS) is 15.6. The summed E-state index contributed by atoms with van der Waals surface area (Å²) in [6, 6.07) is 16.4. The van der Waals surface area contributed by atoms with Crippen molar-refractivity contribution in [1.29, 1.82) is 0 Å². The van der Waals surface area contributed by atoms with Crippen LogP contribution in [0.2, 0.25) is 0 Å². The van der Waals surface area contributed by atoms with Crippen LogP contribution in [0.15, 0.2) is 60.7 Å². The van der Waals surface area contributed by atoms with Crippen molar-refractivity contribution in [3.8, 4) is 0 Å². The Kier molecular flexibility index (Phi) is 5.96. The van der Waals surface area contributed by atoms with Crippen LogP contribution in [0.5, 0.6) is 0 Å².